The third-order valence-corrected chi connectivity index (χ3v) is 7.69. The summed E-state index contributed by atoms with van der Waals surface area (Å²) >= 11 is 1.35. The number of hydrogen-bond donors (Lipinski definition) is 1. The third kappa shape index (κ3) is 6.33. The van der Waals surface area contributed by atoms with Crippen LogP contribution < -0.4 is 5.32 Å². The van der Waals surface area contributed by atoms with Crippen molar-refractivity contribution in [1.82, 2.24) is 4.90 Å². The third-order valence-electron chi connectivity index (χ3n) is 5.52. The topological polar surface area (TPSA) is 83.6 Å². The lowest BCUT2D eigenvalue weighted by molar-refractivity contribution is -0.129. The normalized spacial score (nSPS) is 14.8. The number of carbonyl (C=O) groups is 2. The Balaban J connectivity index is 1.67. The molecule has 31 heavy (non-hydrogen) atoms. The predicted octanol–water partition coefficient (Wildman–Crippen LogP) is 4.23. The van der Waals surface area contributed by atoms with E-state index in [1.54, 1.807) is 24.3 Å². The van der Waals surface area contributed by atoms with Crippen LogP contribution in [-0.2, 0) is 14.6 Å². The molecular weight excluding hydrogens is 432 g/mol. The molecule has 0 radical (unpaired) electrons. The molecular formula is C23H28N2O4S2. The second-order valence-electron chi connectivity index (χ2n) is 7.84. The monoisotopic (exact) mass is 460 g/mol. The molecule has 1 saturated carbocycles. The van der Waals surface area contributed by atoms with Gasteiger partial charge in [0.25, 0.3) is 5.91 Å². The minimum atomic E-state index is -3.37. The highest BCUT2D eigenvalue weighted by atomic mass is 32.2. The summed E-state index contributed by atoms with van der Waals surface area (Å²) in [6.45, 7) is 0. The Morgan fingerprint density at radius 1 is 1.06 bits per heavy atom. The molecule has 1 fully saturated rings. The van der Waals surface area contributed by atoms with E-state index in [1.165, 1.54) is 43.2 Å². The van der Waals surface area contributed by atoms with Crippen LogP contribution in [0.2, 0.25) is 0 Å². The van der Waals surface area contributed by atoms with Crippen molar-refractivity contribution in [2.24, 2.45) is 0 Å². The van der Waals surface area contributed by atoms with E-state index in [0.29, 0.717) is 22.2 Å². The standard InChI is InChI=1S/C23H28N2O4S2/c1-25(18-10-4-3-5-11-18)22(26)16-30-21-14-7-6-13-20(21)23(27)24-17-9-8-12-19(15-17)31(2,28)29/h6-9,12-15,18H,3-5,10-11,16H2,1-2H3,(H,24,27). The number of benzene rings is 2. The highest BCUT2D eigenvalue weighted by Gasteiger charge is 2.22. The van der Waals surface area contributed by atoms with E-state index in [4.69, 9.17) is 0 Å². The number of thioether (sulfide) groups is 1. The number of anilines is 1. The SMILES string of the molecule is CN(C(=O)CSc1ccccc1C(=O)Nc1cccc(S(C)(=O)=O)c1)C1CCCCC1. The minimum Gasteiger partial charge on any atom is -0.342 e. The number of sulfone groups is 1. The molecule has 0 bridgehead atoms. The molecule has 2 aromatic carbocycles. The summed E-state index contributed by atoms with van der Waals surface area (Å²) in [5.74, 6) is -0.0179. The summed E-state index contributed by atoms with van der Waals surface area (Å²) in [6.07, 6.45) is 6.80. The summed E-state index contributed by atoms with van der Waals surface area (Å²) in [5, 5.41) is 2.76. The zero-order valence-corrected chi connectivity index (χ0v) is 19.5. The average Bonchev–Trinajstić information content (AvgIpc) is 2.77. The fourth-order valence-electron chi connectivity index (χ4n) is 3.70. The molecule has 0 aliphatic heterocycles. The van der Waals surface area contributed by atoms with E-state index >= 15 is 0 Å². The van der Waals surface area contributed by atoms with Crippen molar-refractivity contribution in [2.45, 2.75) is 47.9 Å². The van der Waals surface area contributed by atoms with E-state index in [1.807, 2.05) is 24.1 Å². The van der Waals surface area contributed by atoms with Crippen molar-refractivity contribution in [2.75, 3.05) is 24.4 Å². The van der Waals surface area contributed by atoms with Crippen LogP contribution in [0.4, 0.5) is 5.69 Å². The quantitative estimate of drug-likeness (QED) is 0.626. The summed E-state index contributed by atoms with van der Waals surface area (Å²) in [6, 6.07) is 13.6. The molecule has 2 aromatic rings. The largest absolute Gasteiger partial charge is 0.342 e. The number of nitrogens with one attached hydrogen (secondary N) is 1. The van der Waals surface area contributed by atoms with Crippen LogP contribution in [0.1, 0.15) is 42.5 Å². The van der Waals surface area contributed by atoms with Gasteiger partial charge < -0.3 is 10.2 Å². The van der Waals surface area contributed by atoms with Gasteiger partial charge in [0.1, 0.15) is 0 Å². The van der Waals surface area contributed by atoms with Crippen molar-refractivity contribution in [3.8, 4) is 0 Å². The van der Waals surface area contributed by atoms with Gasteiger partial charge in [-0.25, -0.2) is 8.42 Å². The lowest BCUT2D eigenvalue weighted by atomic mass is 9.94. The maximum absolute atomic E-state index is 12.9. The van der Waals surface area contributed by atoms with Crippen molar-refractivity contribution in [3.63, 3.8) is 0 Å². The first-order valence-corrected chi connectivity index (χ1v) is 13.2. The van der Waals surface area contributed by atoms with Crippen LogP contribution in [0.5, 0.6) is 0 Å². The molecule has 6 nitrogen and oxygen atoms in total. The van der Waals surface area contributed by atoms with Gasteiger partial charge in [-0.05, 0) is 43.2 Å². The lowest BCUT2D eigenvalue weighted by Gasteiger charge is -2.31. The zero-order chi connectivity index (χ0) is 22.4. The molecule has 0 saturated heterocycles. The Morgan fingerprint density at radius 3 is 2.48 bits per heavy atom. The molecule has 1 N–H and O–H groups in total. The van der Waals surface area contributed by atoms with Gasteiger partial charge in [0.15, 0.2) is 9.84 Å². The van der Waals surface area contributed by atoms with Crippen molar-refractivity contribution >= 4 is 39.1 Å². The van der Waals surface area contributed by atoms with Crippen molar-refractivity contribution in [3.05, 3.63) is 54.1 Å². The Bertz CT molecular complexity index is 1050. The van der Waals surface area contributed by atoms with Gasteiger partial charge in [0, 0.05) is 29.9 Å². The van der Waals surface area contributed by atoms with Gasteiger partial charge in [-0.2, -0.15) is 0 Å². The summed E-state index contributed by atoms with van der Waals surface area (Å²) in [7, 11) is -1.50. The number of hydrogen-bond acceptors (Lipinski definition) is 5. The van der Waals surface area contributed by atoms with Crippen LogP contribution in [0, 0.1) is 0 Å². The van der Waals surface area contributed by atoms with Crippen LogP contribution >= 0.6 is 11.8 Å². The number of amides is 2. The molecule has 0 atom stereocenters. The highest BCUT2D eigenvalue weighted by molar-refractivity contribution is 8.00. The maximum Gasteiger partial charge on any atom is 0.256 e. The van der Waals surface area contributed by atoms with Crippen LogP contribution in [0.3, 0.4) is 0 Å². The Morgan fingerprint density at radius 2 is 1.77 bits per heavy atom. The number of nitrogens with zero attached hydrogens (tertiary/aromatic N) is 1. The lowest BCUT2D eigenvalue weighted by Crippen LogP contribution is -2.39. The predicted molar refractivity (Wildman–Crippen MR) is 124 cm³/mol. The summed E-state index contributed by atoms with van der Waals surface area (Å²) in [4.78, 5) is 28.2. The first-order valence-electron chi connectivity index (χ1n) is 10.3. The molecule has 0 heterocycles. The van der Waals surface area contributed by atoms with Gasteiger partial charge in [-0.3, -0.25) is 9.59 Å². The van der Waals surface area contributed by atoms with Crippen molar-refractivity contribution < 1.29 is 18.0 Å². The zero-order valence-electron chi connectivity index (χ0n) is 17.8. The average molecular weight is 461 g/mol. The Hall–Kier alpha value is -2.32. The maximum atomic E-state index is 12.9. The number of rotatable bonds is 7. The Kier molecular flexibility index (Phi) is 7.78. The van der Waals surface area contributed by atoms with Gasteiger partial charge in [0.05, 0.1) is 16.2 Å². The fraction of sp³-hybridized carbons (Fsp3) is 0.391. The molecule has 1 aliphatic carbocycles. The van der Waals surface area contributed by atoms with Gasteiger partial charge in [0.2, 0.25) is 5.91 Å². The second-order valence-corrected chi connectivity index (χ2v) is 10.9. The van der Waals surface area contributed by atoms with Gasteiger partial charge in [-0.1, -0.05) is 37.5 Å². The summed E-state index contributed by atoms with van der Waals surface area (Å²) in [5.41, 5.74) is 0.853. The van der Waals surface area contributed by atoms with Gasteiger partial charge in [-0.15, -0.1) is 11.8 Å². The van der Waals surface area contributed by atoms with E-state index in [0.717, 1.165) is 19.1 Å². The van der Waals surface area contributed by atoms with Crippen LogP contribution in [-0.4, -0.2) is 50.2 Å². The van der Waals surface area contributed by atoms with E-state index in [2.05, 4.69) is 5.32 Å². The molecule has 166 valence electrons. The van der Waals surface area contributed by atoms with E-state index < -0.39 is 9.84 Å². The molecule has 2 amide bonds. The minimum absolute atomic E-state index is 0.0629. The first kappa shape index (κ1) is 23.3. The van der Waals surface area contributed by atoms with Crippen molar-refractivity contribution in [1.29, 1.82) is 0 Å². The Labute approximate surface area is 188 Å². The van der Waals surface area contributed by atoms with E-state index in [9.17, 15) is 18.0 Å². The highest BCUT2D eigenvalue weighted by Crippen LogP contribution is 2.26. The van der Waals surface area contributed by atoms with E-state index in [-0.39, 0.29) is 22.5 Å². The molecule has 0 aromatic heterocycles. The smallest absolute Gasteiger partial charge is 0.256 e. The van der Waals surface area contributed by atoms with Crippen LogP contribution in [0.15, 0.2) is 58.3 Å². The number of carbonyl (C=O) groups excluding carboxylic acids is 2. The molecule has 8 heteroatoms. The molecule has 3 rings (SSSR count). The first-order chi connectivity index (χ1) is 14.8. The fourth-order valence-corrected chi connectivity index (χ4v) is 5.34. The molecule has 0 spiro atoms. The molecule has 1 aliphatic rings. The van der Waals surface area contributed by atoms with Gasteiger partial charge >= 0.3 is 0 Å². The second kappa shape index (κ2) is 10.3. The summed E-state index contributed by atoms with van der Waals surface area (Å²) < 4.78 is 23.5. The van der Waals surface area contributed by atoms with Crippen LogP contribution in [0.25, 0.3) is 0 Å². The molecule has 0 unspecified atom stereocenters.